The molecule has 0 radical (unpaired) electrons. The van der Waals surface area contributed by atoms with Crippen molar-refractivity contribution in [3.63, 3.8) is 0 Å². The van der Waals surface area contributed by atoms with Crippen molar-refractivity contribution in [2.45, 2.75) is 59.3 Å². The second kappa shape index (κ2) is 8.26. The predicted octanol–water partition coefficient (Wildman–Crippen LogP) is 5.26. The van der Waals surface area contributed by atoms with Crippen molar-refractivity contribution >= 4 is 5.78 Å². The van der Waals surface area contributed by atoms with Crippen LogP contribution in [-0.2, 0) is 11.8 Å². The molecule has 0 atom stereocenters. The zero-order chi connectivity index (χ0) is 20.2. The van der Waals surface area contributed by atoms with Gasteiger partial charge in [-0.25, -0.2) is 0 Å². The quantitative estimate of drug-likeness (QED) is 0.655. The normalized spacial score (nSPS) is 12.2. The molecule has 3 nitrogen and oxygen atoms in total. The van der Waals surface area contributed by atoms with Gasteiger partial charge in [0.15, 0.2) is 5.78 Å². The third-order valence-corrected chi connectivity index (χ3v) is 4.78. The van der Waals surface area contributed by atoms with E-state index in [9.17, 15) is 15.0 Å². The molecule has 0 aliphatic carbocycles. The number of aromatic hydroxyl groups is 1. The minimum absolute atomic E-state index is 0.0749. The molecule has 0 bridgehead atoms. The standard InChI is InChI=1S/C24H32O3/c1-23(2,3)16-24(4,5)20-15-17(10-9-13-25)14-19(22(20)27)21(26)18-11-7-6-8-12-18/h6-8,11-12,14-15,25,27H,9-10,13,16H2,1-5H3. The van der Waals surface area contributed by atoms with Crippen molar-refractivity contribution < 1.29 is 15.0 Å². The van der Waals surface area contributed by atoms with E-state index in [-0.39, 0.29) is 29.0 Å². The van der Waals surface area contributed by atoms with Gasteiger partial charge in [0, 0.05) is 17.7 Å². The smallest absolute Gasteiger partial charge is 0.196 e. The van der Waals surface area contributed by atoms with E-state index >= 15 is 0 Å². The maximum atomic E-state index is 13.0. The van der Waals surface area contributed by atoms with Crippen molar-refractivity contribution in [2.24, 2.45) is 5.41 Å². The van der Waals surface area contributed by atoms with Crippen LogP contribution in [0.2, 0.25) is 0 Å². The molecule has 0 aliphatic rings. The number of aryl methyl sites for hydroxylation is 1. The van der Waals surface area contributed by atoms with Crippen LogP contribution in [0.1, 0.15) is 74.5 Å². The summed E-state index contributed by atoms with van der Waals surface area (Å²) >= 11 is 0. The summed E-state index contributed by atoms with van der Waals surface area (Å²) in [5, 5.41) is 20.2. The second-order valence-corrected chi connectivity index (χ2v) is 9.18. The lowest BCUT2D eigenvalue weighted by atomic mass is 9.71. The van der Waals surface area contributed by atoms with Gasteiger partial charge in [0.1, 0.15) is 5.75 Å². The molecule has 0 saturated carbocycles. The Labute approximate surface area is 163 Å². The summed E-state index contributed by atoms with van der Waals surface area (Å²) in [6, 6.07) is 12.8. The Bertz CT molecular complexity index is 783. The van der Waals surface area contributed by atoms with E-state index in [1.165, 1.54) is 0 Å². The highest BCUT2D eigenvalue weighted by Gasteiger charge is 2.32. The number of aliphatic hydroxyl groups excluding tert-OH is 1. The van der Waals surface area contributed by atoms with Crippen LogP contribution in [0.4, 0.5) is 0 Å². The summed E-state index contributed by atoms with van der Waals surface area (Å²) in [4.78, 5) is 13.0. The topological polar surface area (TPSA) is 57.5 Å². The third-order valence-electron chi connectivity index (χ3n) is 4.78. The largest absolute Gasteiger partial charge is 0.507 e. The van der Waals surface area contributed by atoms with Crippen molar-refractivity contribution in [1.82, 2.24) is 0 Å². The van der Waals surface area contributed by atoms with E-state index in [2.05, 4.69) is 34.6 Å². The Morgan fingerprint density at radius 3 is 2.19 bits per heavy atom. The maximum absolute atomic E-state index is 13.0. The number of carbonyl (C=O) groups excluding carboxylic acids is 1. The molecule has 2 N–H and O–H groups in total. The lowest BCUT2D eigenvalue weighted by molar-refractivity contribution is 0.103. The van der Waals surface area contributed by atoms with Crippen LogP contribution in [-0.4, -0.2) is 22.6 Å². The first-order valence-electron chi connectivity index (χ1n) is 9.62. The summed E-state index contributed by atoms with van der Waals surface area (Å²) in [5.74, 6) is -0.0994. The highest BCUT2D eigenvalue weighted by Crippen LogP contribution is 2.42. The molecule has 0 spiro atoms. The van der Waals surface area contributed by atoms with E-state index in [0.29, 0.717) is 24.0 Å². The molecule has 0 amide bonds. The van der Waals surface area contributed by atoms with Crippen LogP contribution in [0.15, 0.2) is 42.5 Å². The first-order valence-corrected chi connectivity index (χ1v) is 9.62. The molecule has 2 aromatic rings. The van der Waals surface area contributed by atoms with Gasteiger partial charge in [-0.1, -0.05) is 71.0 Å². The molecule has 0 heterocycles. The summed E-state index contributed by atoms with van der Waals surface area (Å²) < 4.78 is 0. The molecule has 0 saturated heterocycles. The molecule has 0 aromatic heterocycles. The number of phenolic OH excluding ortho intramolecular Hbond substituents is 1. The number of carbonyl (C=O) groups is 1. The first-order chi connectivity index (χ1) is 12.5. The second-order valence-electron chi connectivity index (χ2n) is 9.18. The summed E-state index contributed by atoms with van der Waals surface area (Å²) in [6.07, 6.45) is 2.17. The zero-order valence-corrected chi connectivity index (χ0v) is 17.2. The Hall–Kier alpha value is -2.13. The van der Waals surface area contributed by atoms with Crippen LogP contribution < -0.4 is 0 Å². The van der Waals surface area contributed by atoms with Crippen LogP contribution in [0.3, 0.4) is 0 Å². The monoisotopic (exact) mass is 368 g/mol. The van der Waals surface area contributed by atoms with Crippen molar-refractivity contribution in [2.75, 3.05) is 6.61 Å². The summed E-state index contributed by atoms with van der Waals surface area (Å²) in [5.41, 5.74) is 2.47. The van der Waals surface area contributed by atoms with E-state index in [1.807, 2.05) is 24.3 Å². The molecule has 27 heavy (non-hydrogen) atoms. The number of ketones is 1. The van der Waals surface area contributed by atoms with Gasteiger partial charge in [-0.05, 0) is 41.7 Å². The first kappa shape index (κ1) is 21.2. The van der Waals surface area contributed by atoms with Crippen molar-refractivity contribution in [3.05, 3.63) is 64.7 Å². The maximum Gasteiger partial charge on any atom is 0.196 e. The number of hydrogen-bond donors (Lipinski definition) is 2. The van der Waals surface area contributed by atoms with E-state index in [1.54, 1.807) is 18.2 Å². The van der Waals surface area contributed by atoms with Gasteiger partial charge in [0.05, 0.1) is 5.56 Å². The van der Waals surface area contributed by atoms with Crippen LogP contribution >= 0.6 is 0 Å². The highest BCUT2D eigenvalue weighted by atomic mass is 16.3. The predicted molar refractivity (Wildman–Crippen MR) is 110 cm³/mol. The van der Waals surface area contributed by atoms with Crippen molar-refractivity contribution in [3.8, 4) is 5.75 Å². The Morgan fingerprint density at radius 2 is 1.63 bits per heavy atom. The van der Waals surface area contributed by atoms with Gasteiger partial charge in [0.2, 0.25) is 0 Å². The molecule has 0 aliphatic heterocycles. The number of phenols is 1. The number of aliphatic hydroxyl groups is 1. The molecular formula is C24H32O3. The fraction of sp³-hybridized carbons (Fsp3) is 0.458. The minimum Gasteiger partial charge on any atom is -0.507 e. The Balaban J connectivity index is 2.58. The summed E-state index contributed by atoms with van der Waals surface area (Å²) in [6.45, 7) is 10.9. The number of rotatable bonds is 7. The molecule has 146 valence electrons. The van der Waals surface area contributed by atoms with Crippen molar-refractivity contribution in [1.29, 1.82) is 0 Å². The van der Waals surface area contributed by atoms with Gasteiger partial charge in [-0.3, -0.25) is 4.79 Å². The molecule has 0 unspecified atom stereocenters. The molecule has 2 aromatic carbocycles. The van der Waals surface area contributed by atoms with E-state index in [4.69, 9.17) is 0 Å². The SMILES string of the molecule is CC(C)(C)CC(C)(C)c1cc(CCCO)cc(C(=O)c2ccccc2)c1O. The third kappa shape index (κ3) is 5.43. The fourth-order valence-corrected chi connectivity index (χ4v) is 3.98. The molecule has 2 rings (SSSR count). The van der Waals surface area contributed by atoms with Gasteiger partial charge in [-0.15, -0.1) is 0 Å². The average molecular weight is 369 g/mol. The van der Waals surface area contributed by atoms with E-state index < -0.39 is 0 Å². The lowest BCUT2D eigenvalue weighted by Gasteiger charge is -2.34. The molecule has 3 heteroatoms. The van der Waals surface area contributed by atoms with Crippen LogP contribution in [0, 0.1) is 5.41 Å². The van der Waals surface area contributed by atoms with Gasteiger partial charge < -0.3 is 10.2 Å². The fourth-order valence-electron chi connectivity index (χ4n) is 3.98. The Kier molecular flexibility index (Phi) is 6.48. The van der Waals surface area contributed by atoms with Crippen LogP contribution in [0.25, 0.3) is 0 Å². The lowest BCUT2D eigenvalue weighted by Crippen LogP contribution is -2.25. The zero-order valence-electron chi connectivity index (χ0n) is 17.2. The van der Waals surface area contributed by atoms with Gasteiger partial charge in [-0.2, -0.15) is 0 Å². The average Bonchev–Trinajstić information content (AvgIpc) is 2.58. The Morgan fingerprint density at radius 1 is 1.00 bits per heavy atom. The van der Waals surface area contributed by atoms with Crippen LogP contribution in [0.5, 0.6) is 5.75 Å². The van der Waals surface area contributed by atoms with E-state index in [0.717, 1.165) is 17.5 Å². The highest BCUT2D eigenvalue weighted by molar-refractivity contribution is 6.11. The number of benzene rings is 2. The molecule has 0 fully saturated rings. The summed E-state index contributed by atoms with van der Waals surface area (Å²) in [7, 11) is 0. The number of hydrogen-bond acceptors (Lipinski definition) is 3. The van der Waals surface area contributed by atoms with Gasteiger partial charge in [0.25, 0.3) is 0 Å². The van der Waals surface area contributed by atoms with Gasteiger partial charge >= 0.3 is 0 Å². The minimum atomic E-state index is -0.288. The molecular weight excluding hydrogens is 336 g/mol.